The van der Waals surface area contributed by atoms with Crippen molar-refractivity contribution in [2.75, 3.05) is 0 Å². The molecule has 0 radical (unpaired) electrons. The van der Waals surface area contributed by atoms with Gasteiger partial charge in [0.05, 0.1) is 11.4 Å². The van der Waals surface area contributed by atoms with Gasteiger partial charge in [0.25, 0.3) is 0 Å². The maximum absolute atomic E-state index is 13.1. The van der Waals surface area contributed by atoms with Crippen molar-refractivity contribution in [2.24, 2.45) is 0 Å². The summed E-state index contributed by atoms with van der Waals surface area (Å²) in [5.74, 6) is -0.193. The average Bonchev–Trinajstić information content (AvgIpc) is 2.33. The van der Waals surface area contributed by atoms with Gasteiger partial charge in [-0.15, -0.1) is 0 Å². The van der Waals surface area contributed by atoms with Crippen LogP contribution in [0.1, 0.15) is 18.2 Å². The summed E-state index contributed by atoms with van der Waals surface area (Å²) in [4.78, 5) is 0. The Labute approximate surface area is 94.2 Å². The Morgan fingerprint density at radius 2 is 1.94 bits per heavy atom. The van der Waals surface area contributed by atoms with E-state index in [1.165, 1.54) is 6.07 Å². The summed E-state index contributed by atoms with van der Waals surface area (Å²) >= 11 is 0. The standard InChI is InChI=1S/C13H13FN2/c1-3-11-5-7-13(16-15-11)10-4-6-12(14)9(2)8-10/h4-8H,3H2,1-2H3. The molecule has 0 N–H and O–H groups in total. The first-order valence-electron chi connectivity index (χ1n) is 5.30. The van der Waals surface area contributed by atoms with Crippen molar-refractivity contribution in [1.82, 2.24) is 10.2 Å². The van der Waals surface area contributed by atoms with Crippen molar-refractivity contribution in [1.29, 1.82) is 0 Å². The molecule has 0 saturated carbocycles. The average molecular weight is 216 g/mol. The molecule has 1 aromatic heterocycles. The predicted molar refractivity (Wildman–Crippen MR) is 61.5 cm³/mol. The Balaban J connectivity index is 2.38. The molecule has 3 heteroatoms. The molecule has 16 heavy (non-hydrogen) atoms. The van der Waals surface area contributed by atoms with Crippen LogP contribution >= 0.6 is 0 Å². The topological polar surface area (TPSA) is 25.8 Å². The van der Waals surface area contributed by atoms with Gasteiger partial charge in [-0.25, -0.2) is 4.39 Å². The first kappa shape index (κ1) is 10.7. The quantitative estimate of drug-likeness (QED) is 0.770. The van der Waals surface area contributed by atoms with E-state index in [9.17, 15) is 4.39 Å². The number of nitrogens with zero attached hydrogens (tertiary/aromatic N) is 2. The monoisotopic (exact) mass is 216 g/mol. The normalized spacial score (nSPS) is 10.4. The smallest absolute Gasteiger partial charge is 0.126 e. The fraction of sp³-hybridized carbons (Fsp3) is 0.231. The van der Waals surface area contributed by atoms with E-state index in [1.54, 1.807) is 19.1 Å². The molecule has 0 aliphatic heterocycles. The fourth-order valence-corrected chi connectivity index (χ4v) is 1.51. The van der Waals surface area contributed by atoms with E-state index in [0.29, 0.717) is 5.56 Å². The summed E-state index contributed by atoms with van der Waals surface area (Å²) in [6.45, 7) is 3.78. The van der Waals surface area contributed by atoms with E-state index in [2.05, 4.69) is 10.2 Å². The minimum absolute atomic E-state index is 0.193. The second kappa shape index (κ2) is 4.39. The van der Waals surface area contributed by atoms with Gasteiger partial charge in [0.15, 0.2) is 0 Å². The van der Waals surface area contributed by atoms with Crippen LogP contribution in [0.2, 0.25) is 0 Å². The molecule has 2 aromatic rings. The third-order valence-corrected chi connectivity index (χ3v) is 2.54. The molecular formula is C13H13FN2. The Kier molecular flexibility index (Phi) is 2.95. The molecule has 0 saturated heterocycles. The molecular weight excluding hydrogens is 203 g/mol. The zero-order valence-electron chi connectivity index (χ0n) is 9.37. The van der Waals surface area contributed by atoms with E-state index < -0.39 is 0 Å². The van der Waals surface area contributed by atoms with Crippen molar-refractivity contribution >= 4 is 0 Å². The van der Waals surface area contributed by atoms with Crippen LogP contribution < -0.4 is 0 Å². The summed E-state index contributed by atoms with van der Waals surface area (Å²) in [6, 6.07) is 8.82. The van der Waals surface area contributed by atoms with Crippen molar-refractivity contribution in [3.8, 4) is 11.3 Å². The number of benzene rings is 1. The summed E-state index contributed by atoms with van der Waals surface area (Å²) in [5.41, 5.74) is 3.26. The maximum Gasteiger partial charge on any atom is 0.126 e. The van der Waals surface area contributed by atoms with Gasteiger partial charge in [-0.3, -0.25) is 0 Å². The third kappa shape index (κ3) is 2.08. The van der Waals surface area contributed by atoms with E-state index >= 15 is 0 Å². The molecule has 2 nitrogen and oxygen atoms in total. The Hall–Kier alpha value is -1.77. The van der Waals surface area contributed by atoms with Gasteiger partial charge in [0.2, 0.25) is 0 Å². The van der Waals surface area contributed by atoms with Gasteiger partial charge in [-0.1, -0.05) is 6.92 Å². The maximum atomic E-state index is 13.1. The molecule has 0 bridgehead atoms. The van der Waals surface area contributed by atoms with Gasteiger partial charge in [-0.2, -0.15) is 10.2 Å². The highest BCUT2D eigenvalue weighted by molar-refractivity contribution is 5.59. The van der Waals surface area contributed by atoms with Crippen molar-refractivity contribution < 1.29 is 4.39 Å². The van der Waals surface area contributed by atoms with Crippen LogP contribution in [0.4, 0.5) is 4.39 Å². The summed E-state index contributed by atoms with van der Waals surface area (Å²) in [7, 11) is 0. The Morgan fingerprint density at radius 1 is 1.12 bits per heavy atom. The fourth-order valence-electron chi connectivity index (χ4n) is 1.51. The van der Waals surface area contributed by atoms with E-state index in [4.69, 9.17) is 0 Å². The molecule has 0 unspecified atom stereocenters. The van der Waals surface area contributed by atoms with Crippen molar-refractivity contribution in [2.45, 2.75) is 20.3 Å². The van der Waals surface area contributed by atoms with Crippen molar-refractivity contribution in [3.05, 3.63) is 47.4 Å². The molecule has 1 heterocycles. The minimum atomic E-state index is -0.193. The van der Waals surface area contributed by atoms with Crippen LogP contribution in [0.15, 0.2) is 30.3 Å². The summed E-state index contributed by atoms with van der Waals surface area (Å²) in [5, 5.41) is 8.20. The lowest BCUT2D eigenvalue weighted by Gasteiger charge is -2.03. The van der Waals surface area contributed by atoms with E-state index in [0.717, 1.165) is 23.4 Å². The molecule has 2 rings (SSSR count). The van der Waals surface area contributed by atoms with Crippen LogP contribution in [-0.2, 0) is 6.42 Å². The van der Waals surface area contributed by atoms with Gasteiger partial charge >= 0.3 is 0 Å². The highest BCUT2D eigenvalue weighted by Crippen LogP contribution is 2.19. The van der Waals surface area contributed by atoms with Crippen LogP contribution in [0.25, 0.3) is 11.3 Å². The van der Waals surface area contributed by atoms with E-state index in [1.807, 2.05) is 19.1 Å². The van der Waals surface area contributed by atoms with Gasteiger partial charge in [0, 0.05) is 5.56 Å². The first-order valence-corrected chi connectivity index (χ1v) is 5.30. The van der Waals surface area contributed by atoms with Gasteiger partial charge in [0.1, 0.15) is 5.82 Å². The van der Waals surface area contributed by atoms with Crippen molar-refractivity contribution in [3.63, 3.8) is 0 Å². The van der Waals surface area contributed by atoms with Crippen LogP contribution in [0, 0.1) is 12.7 Å². The first-order chi connectivity index (χ1) is 7.70. The zero-order chi connectivity index (χ0) is 11.5. The van der Waals surface area contributed by atoms with E-state index in [-0.39, 0.29) is 5.82 Å². The largest absolute Gasteiger partial charge is 0.207 e. The van der Waals surface area contributed by atoms with Gasteiger partial charge < -0.3 is 0 Å². The zero-order valence-corrected chi connectivity index (χ0v) is 9.37. The second-order valence-electron chi connectivity index (χ2n) is 3.73. The highest BCUT2D eigenvalue weighted by Gasteiger charge is 2.03. The summed E-state index contributed by atoms with van der Waals surface area (Å²) < 4.78 is 13.1. The lowest BCUT2D eigenvalue weighted by molar-refractivity contribution is 0.618. The highest BCUT2D eigenvalue weighted by atomic mass is 19.1. The molecule has 0 aliphatic rings. The molecule has 1 aromatic carbocycles. The van der Waals surface area contributed by atoms with Crippen LogP contribution in [-0.4, -0.2) is 10.2 Å². The van der Waals surface area contributed by atoms with Crippen LogP contribution in [0.3, 0.4) is 0 Å². The number of hydrogen-bond donors (Lipinski definition) is 0. The number of hydrogen-bond acceptors (Lipinski definition) is 2. The Morgan fingerprint density at radius 3 is 2.50 bits per heavy atom. The Bertz CT molecular complexity index is 492. The predicted octanol–water partition coefficient (Wildman–Crippen LogP) is 3.15. The number of aromatic nitrogens is 2. The third-order valence-electron chi connectivity index (χ3n) is 2.54. The molecule has 0 aliphatic carbocycles. The minimum Gasteiger partial charge on any atom is -0.207 e. The second-order valence-corrected chi connectivity index (χ2v) is 3.73. The lowest BCUT2D eigenvalue weighted by atomic mass is 10.1. The lowest BCUT2D eigenvalue weighted by Crippen LogP contribution is -1.93. The number of halogens is 1. The molecule has 0 spiro atoms. The number of aryl methyl sites for hydroxylation is 2. The summed E-state index contributed by atoms with van der Waals surface area (Å²) in [6.07, 6.45) is 0.871. The molecule has 0 fully saturated rings. The van der Waals surface area contributed by atoms with Gasteiger partial charge in [-0.05, 0) is 49.2 Å². The molecule has 82 valence electrons. The van der Waals surface area contributed by atoms with Crippen LogP contribution in [0.5, 0.6) is 0 Å². The number of rotatable bonds is 2. The SMILES string of the molecule is CCc1ccc(-c2ccc(F)c(C)c2)nn1. The molecule has 0 amide bonds. The molecule has 0 atom stereocenters.